The van der Waals surface area contributed by atoms with Crippen molar-refractivity contribution in [3.63, 3.8) is 0 Å². The molecule has 0 aromatic heterocycles. The van der Waals surface area contributed by atoms with Crippen LogP contribution in [-0.4, -0.2) is 22.7 Å². The van der Waals surface area contributed by atoms with E-state index in [1.165, 1.54) is 6.42 Å². The van der Waals surface area contributed by atoms with Crippen molar-refractivity contribution in [1.29, 1.82) is 0 Å². The molecule has 4 N–H and O–H groups in total. The molecule has 19 heavy (non-hydrogen) atoms. The number of hydrazine groups is 1. The lowest BCUT2D eigenvalue weighted by Crippen LogP contribution is -2.54. The molecule has 0 aromatic carbocycles. The first kappa shape index (κ1) is 16.2. The zero-order valence-electron chi connectivity index (χ0n) is 12.0. The van der Waals surface area contributed by atoms with E-state index in [9.17, 15) is 4.79 Å². The molecule has 1 unspecified atom stereocenters. The van der Waals surface area contributed by atoms with E-state index in [0.717, 1.165) is 25.7 Å². The molecule has 0 bridgehead atoms. The molecule has 1 fully saturated rings. The summed E-state index contributed by atoms with van der Waals surface area (Å²) >= 11 is 4.76. The summed E-state index contributed by atoms with van der Waals surface area (Å²) in [4.78, 5) is 12.3. The van der Waals surface area contributed by atoms with Crippen molar-refractivity contribution >= 4 is 23.3 Å². The van der Waals surface area contributed by atoms with Crippen LogP contribution in [0.4, 0.5) is 0 Å². The van der Waals surface area contributed by atoms with E-state index in [0.29, 0.717) is 0 Å². The zero-order valence-corrected chi connectivity index (χ0v) is 12.8. The average Bonchev–Trinajstić information content (AvgIpc) is 2.27. The van der Waals surface area contributed by atoms with Crippen LogP contribution in [0.1, 0.15) is 52.9 Å². The molecule has 6 heteroatoms. The highest BCUT2D eigenvalue weighted by Crippen LogP contribution is 2.27. The maximum absolute atomic E-state index is 12.3. The second-order valence-corrected chi connectivity index (χ2v) is 6.48. The van der Waals surface area contributed by atoms with Gasteiger partial charge in [-0.3, -0.25) is 10.2 Å². The number of rotatable bonds is 4. The van der Waals surface area contributed by atoms with E-state index < -0.39 is 11.6 Å². The summed E-state index contributed by atoms with van der Waals surface area (Å²) in [5, 5.41) is 0.129. The molecular weight excluding hydrogens is 262 g/mol. The van der Waals surface area contributed by atoms with Crippen LogP contribution in [0.15, 0.2) is 0 Å². The number of esters is 1. The molecular formula is C13H25N3O2S. The number of thiocarbonyl (C=S) groups is 1. The topological polar surface area (TPSA) is 76.4 Å². The number of nitrogens with one attached hydrogen (secondary N) is 2. The molecule has 1 atom stereocenters. The van der Waals surface area contributed by atoms with Crippen LogP contribution in [0, 0.1) is 5.92 Å². The molecule has 5 nitrogen and oxygen atoms in total. The van der Waals surface area contributed by atoms with Gasteiger partial charge < -0.3 is 10.5 Å². The number of ether oxygens (including phenoxy) is 1. The molecule has 0 amide bonds. The molecule has 0 saturated heterocycles. The fourth-order valence-electron chi connectivity index (χ4n) is 2.35. The van der Waals surface area contributed by atoms with Crippen LogP contribution in [0.3, 0.4) is 0 Å². The minimum absolute atomic E-state index is 0.129. The third-order valence-corrected chi connectivity index (χ3v) is 3.23. The van der Waals surface area contributed by atoms with Crippen molar-refractivity contribution in [2.75, 3.05) is 0 Å². The van der Waals surface area contributed by atoms with Gasteiger partial charge in [0.15, 0.2) is 5.11 Å². The monoisotopic (exact) mass is 287 g/mol. The maximum atomic E-state index is 12.3. The van der Waals surface area contributed by atoms with Crippen molar-refractivity contribution in [3.05, 3.63) is 0 Å². The van der Waals surface area contributed by atoms with Crippen molar-refractivity contribution in [2.45, 2.75) is 64.5 Å². The Morgan fingerprint density at radius 2 is 1.89 bits per heavy atom. The third kappa shape index (κ3) is 6.20. The van der Waals surface area contributed by atoms with E-state index >= 15 is 0 Å². The number of nitrogens with two attached hydrogens (primary N) is 1. The minimum atomic E-state index is -0.491. The van der Waals surface area contributed by atoms with Crippen LogP contribution in [0.2, 0.25) is 0 Å². The molecule has 1 rings (SSSR count). The lowest BCUT2D eigenvalue weighted by Gasteiger charge is -2.31. The van der Waals surface area contributed by atoms with Crippen LogP contribution >= 0.6 is 12.2 Å². The quantitative estimate of drug-likeness (QED) is 0.414. The van der Waals surface area contributed by atoms with E-state index in [-0.39, 0.29) is 17.0 Å². The smallest absolute Gasteiger partial charge is 0.325 e. The van der Waals surface area contributed by atoms with Gasteiger partial charge in [-0.25, -0.2) is 5.43 Å². The summed E-state index contributed by atoms with van der Waals surface area (Å²) in [7, 11) is 0. The molecule has 110 valence electrons. The Balaban J connectivity index is 2.66. The Morgan fingerprint density at radius 1 is 1.32 bits per heavy atom. The lowest BCUT2D eigenvalue weighted by molar-refractivity contribution is -0.159. The molecule has 0 aliphatic heterocycles. The predicted molar refractivity (Wildman–Crippen MR) is 79.3 cm³/mol. The maximum Gasteiger partial charge on any atom is 0.325 e. The highest BCUT2D eigenvalue weighted by Gasteiger charge is 2.32. The molecule has 1 saturated carbocycles. The van der Waals surface area contributed by atoms with Gasteiger partial charge in [-0.05, 0) is 51.7 Å². The first-order valence-electron chi connectivity index (χ1n) is 6.83. The Hall–Kier alpha value is -0.880. The second kappa shape index (κ2) is 7.05. The second-order valence-electron chi connectivity index (χ2n) is 6.04. The highest BCUT2D eigenvalue weighted by atomic mass is 32.1. The van der Waals surface area contributed by atoms with Crippen molar-refractivity contribution < 1.29 is 9.53 Å². The van der Waals surface area contributed by atoms with Crippen LogP contribution in [0.5, 0.6) is 0 Å². The Labute approximate surface area is 120 Å². The fourth-order valence-corrected chi connectivity index (χ4v) is 2.41. The van der Waals surface area contributed by atoms with Crippen LogP contribution in [-0.2, 0) is 9.53 Å². The summed E-state index contributed by atoms with van der Waals surface area (Å²) < 4.78 is 5.46. The average molecular weight is 287 g/mol. The largest absolute Gasteiger partial charge is 0.459 e. The van der Waals surface area contributed by atoms with Crippen molar-refractivity contribution in [3.8, 4) is 0 Å². The summed E-state index contributed by atoms with van der Waals surface area (Å²) in [6.07, 6.45) is 5.59. The van der Waals surface area contributed by atoms with Crippen LogP contribution in [0.25, 0.3) is 0 Å². The summed E-state index contributed by atoms with van der Waals surface area (Å²) in [6, 6.07) is -0.402. The normalized spacial score (nSPS) is 18.7. The highest BCUT2D eigenvalue weighted by molar-refractivity contribution is 7.80. The number of hydrogen-bond acceptors (Lipinski definition) is 4. The van der Waals surface area contributed by atoms with Gasteiger partial charge in [-0.1, -0.05) is 19.3 Å². The number of carbonyl (C=O) groups is 1. The molecule has 1 aliphatic carbocycles. The first-order chi connectivity index (χ1) is 8.79. The Morgan fingerprint density at radius 3 is 2.37 bits per heavy atom. The number of carbonyl (C=O) groups excluding carboxylic acids is 1. The summed E-state index contributed by atoms with van der Waals surface area (Å²) in [5.41, 5.74) is 10.5. The van der Waals surface area contributed by atoms with Gasteiger partial charge in [-0.2, -0.15) is 0 Å². The van der Waals surface area contributed by atoms with E-state index in [4.69, 9.17) is 22.7 Å². The van der Waals surface area contributed by atoms with Gasteiger partial charge in [-0.15, -0.1) is 0 Å². The van der Waals surface area contributed by atoms with Gasteiger partial charge in [0, 0.05) is 0 Å². The Bertz CT molecular complexity index is 322. The molecule has 0 radical (unpaired) electrons. The van der Waals surface area contributed by atoms with Gasteiger partial charge in [0.2, 0.25) is 0 Å². The molecule has 0 spiro atoms. The first-order valence-corrected chi connectivity index (χ1v) is 7.24. The van der Waals surface area contributed by atoms with Crippen LogP contribution < -0.4 is 16.6 Å². The standard InChI is InChI=1S/C13H25N3O2S/c1-13(2,3)18-11(17)10(15-16-12(14)19)9-7-5-4-6-8-9/h9-10,15H,4-8H2,1-3H3,(H3,14,16,19). The fraction of sp³-hybridized carbons (Fsp3) is 0.846. The molecule has 0 aromatic rings. The van der Waals surface area contributed by atoms with Gasteiger partial charge in [0.05, 0.1) is 0 Å². The van der Waals surface area contributed by atoms with E-state index in [2.05, 4.69) is 10.9 Å². The van der Waals surface area contributed by atoms with E-state index in [1.807, 2.05) is 20.8 Å². The summed E-state index contributed by atoms with van der Waals surface area (Å²) in [6.45, 7) is 5.59. The minimum Gasteiger partial charge on any atom is -0.459 e. The lowest BCUT2D eigenvalue weighted by atomic mass is 9.84. The van der Waals surface area contributed by atoms with Gasteiger partial charge in [0.1, 0.15) is 11.6 Å². The SMILES string of the molecule is CC(C)(C)OC(=O)C(NNC(N)=S)C1CCCCC1. The third-order valence-electron chi connectivity index (χ3n) is 3.13. The summed E-state index contributed by atoms with van der Waals surface area (Å²) in [5.74, 6) is 0.0219. The van der Waals surface area contributed by atoms with Crippen molar-refractivity contribution in [2.24, 2.45) is 11.7 Å². The zero-order chi connectivity index (χ0) is 14.5. The van der Waals surface area contributed by atoms with Crippen molar-refractivity contribution in [1.82, 2.24) is 10.9 Å². The number of hydrogen-bond donors (Lipinski definition) is 3. The van der Waals surface area contributed by atoms with Gasteiger partial charge >= 0.3 is 5.97 Å². The van der Waals surface area contributed by atoms with E-state index in [1.54, 1.807) is 0 Å². The molecule has 0 heterocycles. The van der Waals surface area contributed by atoms with Gasteiger partial charge in [0.25, 0.3) is 0 Å². The Kier molecular flexibility index (Phi) is 6.00. The molecule has 1 aliphatic rings. The predicted octanol–water partition coefficient (Wildman–Crippen LogP) is 1.61.